The van der Waals surface area contributed by atoms with Gasteiger partial charge in [0.15, 0.2) is 0 Å². The van der Waals surface area contributed by atoms with E-state index in [1.165, 1.54) is 4.31 Å². The summed E-state index contributed by atoms with van der Waals surface area (Å²) < 4.78 is 31.6. The van der Waals surface area contributed by atoms with Crippen LogP contribution in [0.4, 0.5) is 0 Å². The third kappa shape index (κ3) is 3.43. The molecule has 1 aromatic rings. The molecule has 0 spiro atoms. The molecule has 5 nitrogen and oxygen atoms in total. The average Bonchev–Trinajstić information content (AvgIpc) is 2.48. The van der Waals surface area contributed by atoms with Gasteiger partial charge in [-0.25, -0.2) is 12.7 Å². The number of rotatable bonds is 4. The summed E-state index contributed by atoms with van der Waals surface area (Å²) >= 11 is 0. The Morgan fingerprint density at radius 3 is 2.76 bits per heavy atom. The van der Waals surface area contributed by atoms with E-state index in [-0.39, 0.29) is 5.92 Å². The zero-order chi connectivity index (χ0) is 15.5. The summed E-state index contributed by atoms with van der Waals surface area (Å²) in [6.45, 7) is 0.881. The van der Waals surface area contributed by atoms with Crippen LogP contribution in [-0.4, -0.2) is 45.3 Å². The van der Waals surface area contributed by atoms with Crippen LogP contribution in [-0.2, 0) is 21.2 Å². The highest BCUT2D eigenvalue weighted by Gasteiger charge is 2.37. The number of ether oxygens (including phenoxy) is 1. The van der Waals surface area contributed by atoms with Crippen molar-refractivity contribution in [3.8, 4) is 6.07 Å². The molecule has 2 rings (SSSR count). The first-order valence-corrected chi connectivity index (χ1v) is 8.44. The molecule has 0 aliphatic carbocycles. The highest BCUT2D eigenvalue weighted by atomic mass is 32.2. The van der Waals surface area contributed by atoms with Crippen molar-refractivity contribution in [1.29, 1.82) is 5.26 Å². The Balaban J connectivity index is 2.26. The van der Waals surface area contributed by atoms with Crippen LogP contribution in [0.3, 0.4) is 0 Å². The average molecular weight is 308 g/mol. The van der Waals surface area contributed by atoms with Crippen LogP contribution in [0, 0.1) is 17.2 Å². The maximum atomic E-state index is 12.4. The van der Waals surface area contributed by atoms with Crippen molar-refractivity contribution >= 4 is 10.0 Å². The van der Waals surface area contributed by atoms with Gasteiger partial charge in [0, 0.05) is 26.6 Å². The van der Waals surface area contributed by atoms with E-state index in [2.05, 4.69) is 6.07 Å². The highest BCUT2D eigenvalue weighted by molar-refractivity contribution is 7.89. The van der Waals surface area contributed by atoms with Crippen LogP contribution < -0.4 is 0 Å². The third-order valence-electron chi connectivity index (χ3n) is 3.92. The number of nitriles is 1. The maximum Gasteiger partial charge on any atom is 0.216 e. The Bertz CT molecular complexity index is 635. The van der Waals surface area contributed by atoms with Crippen LogP contribution in [0.5, 0.6) is 0 Å². The minimum atomic E-state index is -3.32. The fourth-order valence-electron chi connectivity index (χ4n) is 2.72. The van der Waals surface area contributed by atoms with Gasteiger partial charge >= 0.3 is 0 Å². The predicted octanol–water partition coefficient (Wildman–Crippen LogP) is 1.40. The summed E-state index contributed by atoms with van der Waals surface area (Å²) in [6, 6.07) is 9.48. The number of hydrogen-bond donors (Lipinski definition) is 0. The predicted molar refractivity (Wildman–Crippen MR) is 80.2 cm³/mol. The summed E-state index contributed by atoms with van der Waals surface area (Å²) in [6.07, 6.45) is 1.04. The molecule has 0 N–H and O–H groups in total. The van der Waals surface area contributed by atoms with Crippen molar-refractivity contribution in [2.75, 3.05) is 27.3 Å². The molecule has 1 saturated heterocycles. The first-order chi connectivity index (χ1) is 9.96. The summed E-state index contributed by atoms with van der Waals surface area (Å²) in [7, 11) is -0.197. The second kappa shape index (κ2) is 6.56. The standard InChI is InChI=1S/C15H20N2O3S/c1-17(2)21(18,19)15-7-8-20-11-14(15)9-12-5-3-4-6-13(12)10-16/h3-6,14-15H,7-9,11H2,1-2H3/t14-,15+/m0/s1. The second-order valence-corrected chi connectivity index (χ2v) is 7.83. The molecule has 1 aliphatic heterocycles. The minimum absolute atomic E-state index is 0.124. The molecule has 1 fully saturated rings. The number of benzene rings is 1. The van der Waals surface area contributed by atoms with Gasteiger partial charge in [0.1, 0.15) is 0 Å². The Hall–Kier alpha value is -1.42. The van der Waals surface area contributed by atoms with E-state index in [0.717, 1.165) is 5.56 Å². The van der Waals surface area contributed by atoms with Crippen molar-refractivity contribution in [1.82, 2.24) is 4.31 Å². The first-order valence-electron chi connectivity index (χ1n) is 6.94. The fraction of sp³-hybridized carbons (Fsp3) is 0.533. The third-order valence-corrected chi connectivity index (χ3v) is 6.32. The smallest absolute Gasteiger partial charge is 0.216 e. The van der Waals surface area contributed by atoms with Crippen molar-refractivity contribution in [2.24, 2.45) is 5.92 Å². The van der Waals surface area contributed by atoms with Crippen LogP contribution in [0.25, 0.3) is 0 Å². The van der Waals surface area contributed by atoms with E-state index in [9.17, 15) is 8.42 Å². The summed E-state index contributed by atoms with van der Waals surface area (Å²) in [5.74, 6) is -0.124. The molecule has 6 heteroatoms. The normalized spacial score (nSPS) is 23.0. The van der Waals surface area contributed by atoms with Gasteiger partial charge in [0.05, 0.1) is 23.5 Å². The SMILES string of the molecule is CN(C)S(=O)(=O)[C@@H]1CCOC[C@@H]1Cc1ccccc1C#N. The molecule has 21 heavy (non-hydrogen) atoms. The van der Waals surface area contributed by atoms with Crippen LogP contribution in [0.2, 0.25) is 0 Å². The minimum Gasteiger partial charge on any atom is -0.381 e. The summed E-state index contributed by atoms with van der Waals surface area (Å²) in [5.41, 5.74) is 1.48. The van der Waals surface area contributed by atoms with Gasteiger partial charge in [-0.05, 0) is 24.5 Å². The molecule has 0 amide bonds. The summed E-state index contributed by atoms with van der Waals surface area (Å²) in [4.78, 5) is 0. The lowest BCUT2D eigenvalue weighted by molar-refractivity contribution is 0.0563. The van der Waals surface area contributed by atoms with Crippen LogP contribution in [0.1, 0.15) is 17.5 Å². The number of hydrogen-bond acceptors (Lipinski definition) is 4. The Morgan fingerprint density at radius 1 is 1.38 bits per heavy atom. The van der Waals surface area contributed by atoms with Gasteiger partial charge in [0.2, 0.25) is 10.0 Å². The molecular weight excluding hydrogens is 288 g/mol. The molecule has 0 radical (unpaired) electrons. The van der Waals surface area contributed by atoms with Gasteiger partial charge in [-0.15, -0.1) is 0 Å². The van der Waals surface area contributed by atoms with Crippen LogP contribution in [0.15, 0.2) is 24.3 Å². The van der Waals surface area contributed by atoms with Gasteiger partial charge < -0.3 is 4.74 Å². The molecule has 114 valence electrons. The van der Waals surface area contributed by atoms with E-state index in [1.54, 1.807) is 20.2 Å². The topological polar surface area (TPSA) is 70.4 Å². The first kappa shape index (κ1) is 16.0. The van der Waals surface area contributed by atoms with E-state index >= 15 is 0 Å². The summed E-state index contributed by atoms with van der Waals surface area (Å²) in [5, 5.41) is 8.70. The number of nitrogens with zero attached hydrogens (tertiary/aromatic N) is 2. The lowest BCUT2D eigenvalue weighted by Crippen LogP contribution is -2.44. The molecule has 0 unspecified atom stereocenters. The van der Waals surface area contributed by atoms with E-state index < -0.39 is 15.3 Å². The highest BCUT2D eigenvalue weighted by Crippen LogP contribution is 2.27. The largest absolute Gasteiger partial charge is 0.381 e. The molecular formula is C15H20N2O3S. The van der Waals surface area contributed by atoms with Gasteiger partial charge in [-0.1, -0.05) is 18.2 Å². The monoisotopic (exact) mass is 308 g/mol. The Kier molecular flexibility index (Phi) is 4.99. The van der Waals surface area contributed by atoms with Crippen molar-refractivity contribution in [2.45, 2.75) is 18.1 Å². The molecule has 1 heterocycles. The zero-order valence-corrected chi connectivity index (χ0v) is 13.1. The van der Waals surface area contributed by atoms with Gasteiger partial charge in [0.25, 0.3) is 0 Å². The van der Waals surface area contributed by atoms with Crippen LogP contribution >= 0.6 is 0 Å². The maximum absolute atomic E-state index is 12.4. The molecule has 0 bridgehead atoms. The molecule has 2 atom stereocenters. The Morgan fingerprint density at radius 2 is 2.10 bits per heavy atom. The molecule has 1 aliphatic rings. The fourth-order valence-corrected chi connectivity index (χ4v) is 4.32. The van der Waals surface area contributed by atoms with Crippen molar-refractivity contribution in [3.05, 3.63) is 35.4 Å². The van der Waals surface area contributed by atoms with E-state index in [0.29, 0.717) is 31.6 Å². The second-order valence-electron chi connectivity index (χ2n) is 5.46. The van der Waals surface area contributed by atoms with Crippen molar-refractivity contribution in [3.63, 3.8) is 0 Å². The molecule has 0 aromatic heterocycles. The quantitative estimate of drug-likeness (QED) is 0.843. The van der Waals surface area contributed by atoms with Gasteiger partial charge in [-0.2, -0.15) is 5.26 Å². The lowest BCUT2D eigenvalue weighted by Gasteiger charge is -2.33. The van der Waals surface area contributed by atoms with Gasteiger partial charge in [-0.3, -0.25) is 0 Å². The Labute approximate surface area is 126 Å². The zero-order valence-electron chi connectivity index (χ0n) is 12.3. The number of sulfonamides is 1. The van der Waals surface area contributed by atoms with E-state index in [4.69, 9.17) is 10.00 Å². The molecule has 0 saturated carbocycles. The van der Waals surface area contributed by atoms with Crippen molar-refractivity contribution < 1.29 is 13.2 Å². The molecule has 1 aromatic carbocycles. The lowest BCUT2D eigenvalue weighted by atomic mass is 9.91. The van der Waals surface area contributed by atoms with E-state index in [1.807, 2.05) is 18.2 Å².